The topological polar surface area (TPSA) is 120 Å². The van der Waals surface area contributed by atoms with E-state index in [4.69, 9.17) is 9.47 Å². The predicted octanol–water partition coefficient (Wildman–Crippen LogP) is -0.729. The molecule has 0 atom stereocenters. The van der Waals surface area contributed by atoms with Gasteiger partial charge >= 0.3 is 5.97 Å². The Morgan fingerprint density at radius 1 is 1.04 bits per heavy atom. The average molecular weight is 346 g/mol. The first-order chi connectivity index (χ1) is 10.8. The van der Waals surface area contributed by atoms with Gasteiger partial charge in [-0.3, -0.25) is 9.59 Å². The Morgan fingerprint density at radius 2 is 1.70 bits per heavy atom. The van der Waals surface area contributed by atoms with Gasteiger partial charge in [0.15, 0.2) is 11.5 Å². The lowest BCUT2D eigenvalue weighted by Gasteiger charge is -2.11. The average Bonchev–Trinajstić information content (AvgIpc) is 2.56. The summed E-state index contributed by atoms with van der Waals surface area (Å²) in [6.45, 7) is -0.860. The standard InChI is InChI=1S/C13H18N2O7S/c1-20-10-5-4-9(6-11(10)21-2)23(18,19)15-7-12(16)14-8-13(17)22-3/h4-6,15H,7-8H2,1-3H3,(H,14,16). The van der Waals surface area contributed by atoms with E-state index in [0.717, 1.165) is 0 Å². The minimum atomic E-state index is -3.92. The van der Waals surface area contributed by atoms with Crippen LogP contribution in [-0.2, 0) is 24.3 Å². The summed E-state index contributed by atoms with van der Waals surface area (Å²) in [4.78, 5) is 22.3. The van der Waals surface area contributed by atoms with Gasteiger partial charge in [0, 0.05) is 6.07 Å². The maximum absolute atomic E-state index is 12.1. The SMILES string of the molecule is COC(=O)CNC(=O)CNS(=O)(=O)c1ccc(OC)c(OC)c1. The zero-order valence-electron chi connectivity index (χ0n) is 12.9. The van der Waals surface area contributed by atoms with E-state index >= 15 is 0 Å². The van der Waals surface area contributed by atoms with Gasteiger partial charge < -0.3 is 19.5 Å². The van der Waals surface area contributed by atoms with Crippen LogP contribution >= 0.6 is 0 Å². The van der Waals surface area contributed by atoms with Gasteiger partial charge in [-0.05, 0) is 12.1 Å². The molecule has 1 aromatic carbocycles. The molecule has 2 N–H and O–H groups in total. The predicted molar refractivity (Wildman–Crippen MR) is 79.8 cm³/mol. The first kappa shape index (κ1) is 18.7. The van der Waals surface area contributed by atoms with Gasteiger partial charge in [-0.1, -0.05) is 0 Å². The molecule has 9 nitrogen and oxygen atoms in total. The highest BCUT2D eigenvalue weighted by molar-refractivity contribution is 7.89. The summed E-state index contributed by atoms with van der Waals surface area (Å²) in [5.41, 5.74) is 0. The van der Waals surface area contributed by atoms with E-state index in [1.165, 1.54) is 39.5 Å². The van der Waals surface area contributed by atoms with Crippen LogP contribution in [0.25, 0.3) is 0 Å². The third kappa shape index (κ3) is 5.42. The van der Waals surface area contributed by atoms with E-state index < -0.39 is 28.4 Å². The highest BCUT2D eigenvalue weighted by Gasteiger charge is 2.18. The molecule has 0 aliphatic heterocycles. The van der Waals surface area contributed by atoms with E-state index in [1.807, 2.05) is 0 Å². The molecule has 23 heavy (non-hydrogen) atoms. The number of hydrogen-bond acceptors (Lipinski definition) is 7. The molecule has 0 unspecified atom stereocenters. The maximum Gasteiger partial charge on any atom is 0.325 e. The molecule has 0 aromatic heterocycles. The monoisotopic (exact) mass is 346 g/mol. The van der Waals surface area contributed by atoms with Crippen LogP contribution in [0.3, 0.4) is 0 Å². The van der Waals surface area contributed by atoms with Crippen LogP contribution in [0.15, 0.2) is 23.1 Å². The summed E-state index contributed by atoms with van der Waals surface area (Å²) in [5, 5.41) is 2.21. The van der Waals surface area contributed by atoms with Gasteiger partial charge in [-0.25, -0.2) is 13.1 Å². The number of carbonyl (C=O) groups excluding carboxylic acids is 2. The van der Waals surface area contributed by atoms with Crippen LogP contribution in [0, 0.1) is 0 Å². The summed E-state index contributed by atoms with van der Waals surface area (Å²) < 4.78 is 40.7. The first-order valence-electron chi connectivity index (χ1n) is 6.39. The van der Waals surface area contributed by atoms with Crippen molar-refractivity contribution in [3.05, 3.63) is 18.2 Å². The number of ether oxygens (including phenoxy) is 3. The molecule has 0 aliphatic carbocycles. The molecule has 1 amide bonds. The van der Waals surface area contributed by atoms with Gasteiger partial charge in [0.25, 0.3) is 0 Å². The number of nitrogens with one attached hydrogen (secondary N) is 2. The molecule has 0 aliphatic rings. The molecule has 1 aromatic rings. The second kappa shape index (κ2) is 8.34. The van der Waals surface area contributed by atoms with E-state index in [-0.39, 0.29) is 17.2 Å². The van der Waals surface area contributed by atoms with Gasteiger partial charge in [-0.15, -0.1) is 0 Å². The fourth-order valence-electron chi connectivity index (χ4n) is 1.53. The third-order valence-corrected chi connectivity index (χ3v) is 4.14. The highest BCUT2D eigenvalue weighted by Crippen LogP contribution is 2.29. The smallest absolute Gasteiger partial charge is 0.325 e. The molecule has 0 saturated carbocycles. The zero-order valence-corrected chi connectivity index (χ0v) is 13.7. The van der Waals surface area contributed by atoms with E-state index in [0.29, 0.717) is 5.75 Å². The highest BCUT2D eigenvalue weighted by atomic mass is 32.2. The van der Waals surface area contributed by atoms with Crippen LogP contribution in [0.5, 0.6) is 11.5 Å². The Morgan fingerprint density at radius 3 is 2.26 bits per heavy atom. The van der Waals surface area contributed by atoms with Crippen molar-refractivity contribution in [2.45, 2.75) is 4.90 Å². The Bertz CT molecular complexity index is 673. The first-order valence-corrected chi connectivity index (χ1v) is 7.87. The van der Waals surface area contributed by atoms with Gasteiger partial charge in [0.2, 0.25) is 15.9 Å². The molecular formula is C13H18N2O7S. The molecular weight excluding hydrogens is 328 g/mol. The van der Waals surface area contributed by atoms with Crippen LogP contribution < -0.4 is 19.5 Å². The fraction of sp³-hybridized carbons (Fsp3) is 0.385. The van der Waals surface area contributed by atoms with Crippen molar-refractivity contribution in [1.29, 1.82) is 0 Å². The number of carbonyl (C=O) groups is 2. The maximum atomic E-state index is 12.1. The number of sulfonamides is 1. The van der Waals surface area contributed by atoms with Crippen molar-refractivity contribution in [3.63, 3.8) is 0 Å². The van der Waals surface area contributed by atoms with Crippen molar-refractivity contribution in [2.75, 3.05) is 34.4 Å². The molecule has 0 bridgehead atoms. The van der Waals surface area contributed by atoms with Crippen molar-refractivity contribution < 1.29 is 32.2 Å². The van der Waals surface area contributed by atoms with Crippen molar-refractivity contribution >= 4 is 21.9 Å². The lowest BCUT2D eigenvalue weighted by molar-refractivity contribution is -0.141. The second-order valence-corrected chi connectivity index (χ2v) is 5.96. The quantitative estimate of drug-likeness (QED) is 0.596. The number of rotatable bonds is 8. The van der Waals surface area contributed by atoms with Crippen LogP contribution in [-0.4, -0.2) is 54.7 Å². The van der Waals surface area contributed by atoms with E-state index in [1.54, 1.807) is 0 Å². The van der Waals surface area contributed by atoms with E-state index in [2.05, 4.69) is 14.8 Å². The van der Waals surface area contributed by atoms with Crippen molar-refractivity contribution in [3.8, 4) is 11.5 Å². The van der Waals surface area contributed by atoms with Crippen molar-refractivity contribution in [1.82, 2.24) is 10.0 Å². The van der Waals surface area contributed by atoms with Crippen molar-refractivity contribution in [2.24, 2.45) is 0 Å². The van der Waals surface area contributed by atoms with Gasteiger partial charge in [-0.2, -0.15) is 0 Å². The number of esters is 1. The number of hydrogen-bond donors (Lipinski definition) is 2. The fourth-order valence-corrected chi connectivity index (χ4v) is 2.53. The normalized spacial score (nSPS) is 10.7. The Kier molecular flexibility index (Phi) is 6.79. The molecule has 0 fully saturated rings. The molecule has 0 saturated heterocycles. The molecule has 0 heterocycles. The number of amides is 1. The molecule has 128 valence electrons. The van der Waals surface area contributed by atoms with Crippen LogP contribution in [0.1, 0.15) is 0 Å². The summed E-state index contributed by atoms with van der Waals surface area (Å²) in [5.74, 6) is -0.687. The summed E-state index contributed by atoms with van der Waals surface area (Å²) in [6, 6.07) is 4.02. The third-order valence-electron chi connectivity index (χ3n) is 2.75. The summed E-state index contributed by atoms with van der Waals surface area (Å²) in [7, 11) is 0.0587. The number of benzene rings is 1. The van der Waals surface area contributed by atoms with Crippen LogP contribution in [0.4, 0.5) is 0 Å². The minimum Gasteiger partial charge on any atom is -0.493 e. The Labute approximate surface area is 134 Å². The largest absolute Gasteiger partial charge is 0.493 e. The van der Waals surface area contributed by atoms with Crippen LogP contribution in [0.2, 0.25) is 0 Å². The molecule has 10 heteroatoms. The Balaban J connectivity index is 2.72. The zero-order chi connectivity index (χ0) is 17.5. The van der Waals surface area contributed by atoms with E-state index in [9.17, 15) is 18.0 Å². The lowest BCUT2D eigenvalue weighted by atomic mass is 10.3. The van der Waals surface area contributed by atoms with Gasteiger partial charge in [0.05, 0.1) is 32.8 Å². The minimum absolute atomic E-state index is 0.0871. The Hall–Kier alpha value is -2.33. The lowest BCUT2D eigenvalue weighted by Crippen LogP contribution is -2.39. The molecule has 1 rings (SSSR count). The molecule has 0 spiro atoms. The second-order valence-electron chi connectivity index (χ2n) is 4.19. The number of methoxy groups -OCH3 is 3. The summed E-state index contributed by atoms with van der Waals surface area (Å²) in [6.07, 6.45) is 0. The van der Waals surface area contributed by atoms with Gasteiger partial charge in [0.1, 0.15) is 6.54 Å². The summed E-state index contributed by atoms with van der Waals surface area (Å²) >= 11 is 0. The molecule has 0 radical (unpaired) electrons.